The van der Waals surface area contributed by atoms with Crippen molar-refractivity contribution in [3.8, 4) is 0 Å². The molecule has 0 amide bonds. The molecule has 1 aliphatic carbocycles. The zero-order valence-corrected chi connectivity index (χ0v) is 12.9. The molecule has 0 N–H and O–H groups in total. The first-order valence-corrected chi connectivity index (χ1v) is 7.49. The first-order valence-electron chi connectivity index (χ1n) is 7.49. The van der Waals surface area contributed by atoms with Gasteiger partial charge in [-0.05, 0) is 59.1 Å². The van der Waals surface area contributed by atoms with Gasteiger partial charge < -0.3 is 0 Å². The van der Waals surface area contributed by atoms with Crippen molar-refractivity contribution in [1.29, 1.82) is 0 Å². The summed E-state index contributed by atoms with van der Waals surface area (Å²) < 4.78 is 0. The van der Waals surface area contributed by atoms with Crippen molar-refractivity contribution in [3.63, 3.8) is 0 Å². The Hall–Kier alpha value is -1.63. The lowest BCUT2D eigenvalue weighted by Gasteiger charge is -2.33. The van der Waals surface area contributed by atoms with Gasteiger partial charge in [0.05, 0.1) is 0 Å². The highest BCUT2D eigenvalue weighted by atomic mass is 14.6. The molecule has 0 spiro atoms. The van der Waals surface area contributed by atoms with Crippen LogP contribution in [0.1, 0.15) is 54.5 Å². The Morgan fingerprint density at radius 2 is 1.85 bits per heavy atom. The highest BCUT2D eigenvalue weighted by Gasteiger charge is 2.33. The van der Waals surface area contributed by atoms with Gasteiger partial charge >= 0.3 is 0 Å². The van der Waals surface area contributed by atoms with E-state index < -0.39 is 0 Å². The van der Waals surface area contributed by atoms with E-state index in [4.69, 9.17) is 0 Å². The summed E-state index contributed by atoms with van der Waals surface area (Å²) in [5.41, 5.74) is 7.57. The van der Waals surface area contributed by atoms with Crippen LogP contribution in [0.2, 0.25) is 0 Å². The molecule has 0 bridgehead atoms. The number of aryl methyl sites for hydroxylation is 2. The molecule has 1 unspecified atom stereocenters. The molecule has 1 aliphatic rings. The second-order valence-electron chi connectivity index (χ2n) is 7.02. The standard InChI is InChI=1S/C19H23N/c1-13-6-5-7-16-15(13)9-8-14-10-11-20-12-17(14)18(16)19(2,3)4/h5-7,10-12,18H,8-9H2,1-4H3. The minimum atomic E-state index is 0.199. The van der Waals surface area contributed by atoms with E-state index in [2.05, 4.69) is 63.1 Å². The molecule has 0 saturated heterocycles. The van der Waals surface area contributed by atoms with Crippen LogP contribution in [0, 0.1) is 12.3 Å². The van der Waals surface area contributed by atoms with Crippen LogP contribution in [0.15, 0.2) is 36.7 Å². The molecule has 1 heterocycles. The van der Waals surface area contributed by atoms with Gasteiger partial charge in [-0.2, -0.15) is 0 Å². The van der Waals surface area contributed by atoms with Gasteiger partial charge in [-0.3, -0.25) is 4.98 Å². The van der Waals surface area contributed by atoms with E-state index >= 15 is 0 Å². The van der Waals surface area contributed by atoms with E-state index in [-0.39, 0.29) is 5.41 Å². The summed E-state index contributed by atoms with van der Waals surface area (Å²) in [6.07, 6.45) is 6.29. The molecule has 0 radical (unpaired) electrons. The fraction of sp³-hybridized carbons (Fsp3) is 0.421. The number of fused-ring (bicyclic) bond motifs is 2. The molecular formula is C19H23N. The molecule has 2 aromatic rings. The van der Waals surface area contributed by atoms with Gasteiger partial charge in [0.2, 0.25) is 0 Å². The molecule has 20 heavy (non-hydrogen) atoms. The van der Waals surface area contributed by atoms with Crippen LogP contribution in [0.3, 0.4) is 0 Å². The van der Waals surface area contributed by atoms with Crippen LogP contribution in [0.4, 0.5) is 0 Å². The first kappa shape index (κ1) is 13.4. The summed E-state index contributed by atoms with van der Waals surface area (Å²) in [6, 6.07) is 8.97. The average molecular weight is 265 g/mol. The monoisotopic (exact) mass is 265 g/mol. The number of hydrogen-bond acceptors (Lipinski definition) is 1. The highest BCUT2D eigenvalue weighted by Crippen LogP contribution is 2.45. The molecule has 0 fully saturated rings. The average Bonchev–Trinajstić information content (AvgIpc) is 2.55. The van der Waals surface area contributed by atoms with Crippen molar-refractivity contribution in [2.75, 3.05) is 0 Å². The summed E-state index contributed by atoms with van der Waals surface area (Å²) in [4.78, 5) is 4.40. The Bertz CT molecular complexity index is 634. The number of benzene rings is 1. The van der Waals surface area contributed by atoms with Crippen molar-refractivity contribution in [2.24, 2.45) is 5.41 Å². The Morgan fingerprint density at radius 1 is 1.05 bits per heavy atom. The Labute approximate surface area is 122 Å². The third-order valence-corrected chi connectivity index (χ3v) is 4.53. The van der Waals surface area contributed by atoms with E-state index in [9.17, 15) is 0 Å². The van der Waals surface area contributed by atoms with Crippen molar-refractivity contribution in [2.45, 2.75) is 46.5 Å². The molecule has 1 heteroatoms. The zero-order valence-electron chi connectivity index (χ0n) is 12.9. The number of hydrogen-bond donors (Lipinski definition) is 0. The second kappa shape index (κ2) is 4.73. The number of rotatable bonds is 0. The number of pyridine rings is 1. The van der Waals surface area contributed by atoms with E-state index in [0.717, 1.165) is 12.8 Å². The second-order valence-corrected chi connectivity index (χ2v) is 7.02. The lowest BCUT2D eigenvalue weighted by atomic mass is 9.71. The fourth-order valence-electron chi connectivity index (χ4n) is 3.62. The fourth-order valence-corrected chi connectivity index (χ4v) is 3.62. The topological polar surface area (TPSA) is 12.9 Å². The van der Waals surface area contributed by atoms with Crippen molar-refractivity contribution < 1.29 is 0 Å². The van der Waals surface area contributed by atoms with Crippen LogP contribution in [0.5, 0.6) is 0 Å². The van der Waals surface area contributed by atoms with Gasteiger partial charge in [-0.15, -0.1) is 0 Å². The Morgan fingerprint density at radius 3 is 2.60 bits per heavy atom. The lowest BCUT2D eigenvalue weighted by Crippen LogP contribution is -2.21. The molecule has 1 nitrogen and oxygen atoms in total. The third-order valence-electron chi connectivity index (χ3n) is 4.53. The molecular weight excluding hydrogens is 242 g/mol. The number of nitrogens with zero attached hydrogens (tertiary/aromatic N) is 1. The van der Waals surface area contributed by atoms with Gasteiger partial charge in [0, 0.05) is 18.3 Å². The predicted octanol–water partition coefficient (Wildman–Crippen LogP) is 4.67. The molecule has 1 aromatic carbocycles. The maximum atomic E-state index is 4.40. The summed E-state index contributed by atoms with van der Waals surface area (Å²) in [5, 5.41) is 0. The van der Waals surface area contributed by atoms with Crippen molar-refractivity contribution in [1.82, 2.24) is 4.98 Å². The van der Waals surface area contributed by atoms with E-state index in [1.165, 1.54) is 22.3 Å². The van der Waals surface area contributed by atoms with E-state index in [1.54, 1.807) is 5.56 Å². The Kier molecular flexibility index (Phi) is 3.16. The SMILES string of the molecule is Cc1cccc2c1CCc1ccncc1C2C(C)(C)C. The third kappa shape index (κ3) is 2.15. The maximum absolute atomic E-state index is 4.40. The quantitative estimate of drug-likeness (QED) is 0.674. The molecule has 104 valence electrons. The molecule has 3 rings (SSSR count). The van der Waals surface area contributed by atoms with Gasteiger partial charge in [0.25, 0.3) is 0 Å². The van der Waals surface area contributed by atoms with Crippen LogP contribution < -0.4 is 0 Å². The smallest absolute Gasteiger partial charge is 0.0309 e. The van der Waals surface area contributed by atoms with Crippen LogP contribution in [-0.2, 0) is 12.8 Å². The van der Waals surface area contributed by atoms with Gasteiger partial charge in [-0.1, -0.05) is 39.0 Å². The minimum absolute atomic E-state index is 0.199. The lowest BCUT2D eigenvalue weighted by molar-refractivity contribution is 0.357. The van der Waals surface area contributed by atoms with E-state index in [0.29, 0.717) is 5.92 Å². The zero-order chi connectivity index (χ0) is 14.3. The van der Waals surface area contributed by atoms with Crippen LogP contribution >= 0.6 is 0 Å². The summed E-state index contributed by atoms with van der Waals surface area (Å²) >= 11 is 0. The summed E-state index contributed by atoms with van der Waals surface area (Å²) in [6.45, 7) is 9.26. The van der Waals surface area contributed by atoms with Crippen LogP contribution in [0.25, 0.3) is 0 Å². The molecule has 1 atom stereocenters. The molecule has 0 saturated carbocycles. The number of aromatic nitrogens is 1. The van der Waals surface area contributed by atoms with Gasteiger partial charge in [0.1, 0.15) is 0 Å². The molecule has 0 aliphatic heterocycles. The largest absolute Gasteiger partial charge is 0.264 e. The van der Waals surface area contributed by atoms with Gasteiger partial charge in [0.15, 0.2) is 0 Å². The molecule has 1 aromatic heterocycles. The normalized spacial score (nSPS) is 18.1. The van der Waals surface area contributed by atoms with E-state index in [1.807, 2.05) is 6.20 Å². The minimum Gasteiger partial charge on any atom is -0.264 e. The predicted molar refractivity (Wildman–Crippen MR) is 84.1 cm³/mol. The maximum Gasteiger partial charge on any atom is 0.0309 e. The summed E-state index contributed by atoms with van der Waals surface area (Å²) in [7, 11) is 0. The van der Waals surface area contributed by atoms with Gasteiger partial charge in [-0.25, -0.2) is 0 Å². The highest BCUT2D eigenvalue weighted by molar-refractivity contribution is 5.47. The summed E-state index contributed by atoms with van der Waals surface area (Å²) in [5.74, 6) is 0.434. The van der Waals surface area contributed by atoms with Crippen LogP contribution in [-0.4, -0.2) is 4.98 Å². The Balaban J connectivity index is 2.28. The van der Waals surface area contributed by atoms with Crippen molar-refractivity contribution >= 4 is 0 Å². The van der Waals surface area contributed by atoms with Crippen molar-refractivity contribution in [3.05, 3.63) is 64.5 Å². The first-order chi connectivity index (χ1) is 9.48.